The van der Waals surface area contributed by atoms with Crippen LogP contribution in [-0.4, -0.2) is 45.2 Å². The molecule has 0 saturated carbocycles. The summed E-state index contributed by atoms with van der Waals surface area (Å²) in [5, 5.41) is 0. The number of ether oxygens (including phenoxy) is 7. The second-order valence-corrected chi connectivity index (χ2v) is 12.0. The Morgan fingerprint density at radius 1 is 0.469 bits per heavy atom. The molecule has 0 amide bonds. The molecule has 0 N–H and O–H groups in total. The van der Waals surface area contributed by atoms with Crippen LogP contribution >= 0.6 is 0 Å². The quantitative estimate of drug-likeness (QED) is 0.106. The highest BCUT2D eigenvalue weighted by atomic mass is 16.6. The van der Waals surface area contributed by atoms with Gasteiger partial charge in [-0.15, -0.1) is 0 Å². The number of benzene rings is 5. The van der Waals surface area contributed by atoms with Gasteiger partial charge >= 0.3 is 0 Å². The Hall–Kier alpha value is -4.50. The van der Waals surface area contributed by atoms with Crippen LogP contribution in [0.3, 0.4) is 0 Å². The lowest BCUT2D eigenvalue weighted by Gasteiger charge is -2.46. The highest BCUT2D eigenvalue weighted by molar-refractivity contribution is 5.40. The van der Waals surface area contributed by atoms with Crippen LogP contribution < -0.4 is 9.47 Å². The van der Waals surface area contributed by atoms with E-state index in [4.69, 9.17) is 33.2 Å². The molecule has 0 radical (unpaired) electrons. The van der Waals surface area contributed by atoms with Crippen molar-refractivity contribution in [2.24, 2.45) is 0 Å². The first kappa shape index (κ1) is 34.4. The van der Waals surface area contributed by atoms with E-state index in [9.17, 15) is 0 Å². The lowest BCUT2D eigenvalue weighted by Crippen LogP contribution is -2.58. The molecule has 5 atom stereocenters. The Labute approximate surface area is 289 Å². The van der Waals surface area contributed by atoms with E-state index in [-0.39, 0.29) is 6.61 Å². The summed E-state index contributed by atoms with van der Waals surface area (Å²) >= 11 is 0. The largest absolute Gasteiger partial charge is 0.497 e. The number of methoxy groups -OCH3 is 2. The molecule has 6 rings (SSSR count). The van der Waals surface area contributed by atoms with Crippen LogP contribution in [-0.2, 0) is 50.1 Å². The third-order valence-electron chi connectivity index (χ3n) is 8.59. The summed E-state index contributed by atoms with van der Waals surface area (Å²) in [6.45, 7) is 1.82. The average molecular weight is 661 g/mol. The van der Waals surface area contributed by atoms with Crippen molar-refractivity contribution in [3.05, 3.63) is 167 Å². The summed E-state index contributed by atoms with van der Waals surface area (Å²) in [6, 6.07) is 46.3. The van der Waals surface area contributed by atoms with Gasteiger partial charge in [0.25, 0.3) is 0 Å². The standard InChI is InChI=1S/C42H44O7/c1-43-36-23-35(24-37(25-36)44-2)39-41(47-28-33-19-11-5-12-20-33)42(48-29-34-21-13-6-14-22-34)40(46-27-32-17-9-4-10-18-32)38(49-39)30-45-26-31-15-7-3-8-16-31/h3-25,38-42H,26-30H2,1-2H3/t38-,39-,40-,41-,42+/m1/s1. The van der Waals surface area contributed by atoms with E-state index in [0.717, 1.165) is 27.8 Å². The first-order chi connectivity index (χ1) is 24.2. The van der Waals surface area contributed by atoms with E-state index < -0.39 is 30.5 Å². The summed E-state index contributed by atoms with van der Waals surface area (Å²) in [7, 11) is 3.28. The fourth-order valence-corrected chi connectivity index (χ4v) is 6.05. The summed E-state index contributed by atoms with van der Waals surface area (Å²) in [4.78, 5) is 0. The van der Waals surface area contributed by atoms with Gasteiger partial charge in [-0.3, -0.25) is 0 Å². The fourth-order valence-electron chi connectivity index (χ4n) is 6.05. The zero-order valence-corrected chi connectivity index (χ0v) is 28.1. The fraction of sp³-hybridized carbons (Fsp3) is 0.286. The third kappa shape index (κ3) is 9.57. The van der Waals surface area contributed by atoms with Gasteiger partial charge in [0.15, 0.2) is 0 Å². The maximum Gasteiger partial charge on any atom is 0.122 e. The summed E-state index contributed by atoms with van der Waals surface area (Å²) in [6.07, 6.45) is -2.67. The molecule has 5 aromatic carbocycles. The second kappa shape index (κ2) is 17.8. The molecule has 1 aliphatic heterocycles. The van der Waals surface area contributed by atoms with Crippen LogP contribution in [0.15, 0.2) is 140 Å². The van der Waals surface area contributed by atoms with Gasteiger partial charge in [0.05, 0.1) is 47.3 Å². The number of hydrogen-bond donors (Lipinski definition) is 0. The van der Waals surface area contributed by atoms with Gasteiger partial charge in [0.2, 0.25) is 0 Å². The van der Waals surface area contributed by atoms with Crippen molar-refractivity contribution in [3.8, 4) is 11.5 Å². The molecular formula is C42H44O7. The van der Waals surface area contributed by atoms with Gasteiger partial charge in [-0.05, 0) is 39.9 Å². The van der Waals surface area contributed by atoms with E-state index in [1.165, 1.54) is 0 Å². The van der Waals surface area contributed by atoms with Crippen molar-refractivity contribution < 1.29 is 33.2 Å². The molecule has 49 heavy (non-hydrogen) atoms. The Morgan fingerprint density at radius 3 is 1.33 bits per heavy atom. The SMILES string of the molecule is COc1cc(OC)cc([C@H]2O[C@H](COCc3ccccc3)[C@@H](OCc3ccccc3)[C@H](OCc3ccccc3)[C@@H]2OCc2ccccc2)c1. The maximum absolute atomic E-state index is 7.03. The molecule has 5 aromatic rings. The highest BCUT2D eigenvalue weighted by Crippen LogP contribution is 2.40. The smallest absolute Gasteiger partial charge is 0.122 e. The second-order valence-electron chi connectivity index (χ2n) is 12.0. The Bertz CT molecular complexity index is 1650. The van der Waals surface area contributed by atoms with E-state index in [0.29, 0.717) is 37.9 Å². The lowest BCUT2D eigenvalue weighted by atomic mass is 9.90. The molecule has 1 aliphatic rings. The van der Waals surface area contributed by atoms with Gasteiger partial charge in [-0.1, -0.05) is 121 Å². The maximum atomic E-state index is 7.03. The van der Waals surface area contributed by atoms with Gasteiger partial charge in [-0.2, -0.15) is 0 Å². The third-order valence-corrected chi connectivity index (χ3v) is 8.59. The normalized spacial score (nSPS) is 20.5. The predicted octanol–water partition coefficient (Wildman–Crippen LogP) is 8.12. The van der Waals surface area contributed by atoms with Crippen LogP contribution in [0.5, 0.6) is 11.5 Å². The molecule has 7 nitrogen and oxygen atoms in total. The molecule has 0 aromatic heterocycles. The minimum atomic E-state index is -0.563. The van der Waals surface area contributed by atoms with E-state index >= 15 is 0 Å². The minimum Gasteiger partial charge on any atom is -0.497 e. The highest BCUT2D eigenvalue weighted by Gasteiger charge is 2.49. The van der Waals surface area contributed by atoms with Gasteiger partial charge in [0, 0.05) is 6.07 Å². The zero-order valence-electron chi connectivity index (χ0n) is 28.1. The summed E-state index contributed by atoms with van der Waals surface area (Å²) in [5.74, 6) is 1.31. The molecule has 1 saturated heterocycles. The zero-order chi connectivity index (χ0) is 33.7. The van der Waals surface area contributed by atoms with E-state index in [1.807, 2.05) is 91.0 Å². The number of hydrogen-bond acceptors (Lipinski definition) is 7. The van der Waals surface area contributed by atoms with Crippen molar-refractivity contribution in [1.29, 1.82) is 0 Å². The first-order valence-electron chi connectivity index (χ1n) is 16.7. The van der Waals surface area contributed by atoms with Gasteiger partial charge in [-0.25, -0.2) is 0 Å². The molecule has 0 aliphatic carbocycles. The Morgan fingerprint density at radius 2 is 0.878 bits per heavy atom. The first-order valence-corrected chi connectivity index (χ1v) is 16.7. The van der Waals surface area contributed by atoms with Crippen LogP contribution in [0.1, 0.15) is 33.9 Å². The number of rotatable bonds is 16. The van der Waals surface area contributed by atoms with E-state index in [1.54, 1.807) is 14.2 Å². The van der Waals surface area contributed by atoms with Crippen LogP contribution in [0.25, 0.3) is 0 Å². The van der Waals surface area contributed by atoms with E-state index in [2.05, 4.69) is 48.5 Å². The van der Waals surface area contributed by atoms with Crippen molar-refractivity contribution >= 4 is 0 Å². The van der Waals surface area contributed by atoms with Gasteiger partial charge < -0.3 is 33.2 Å². The molecule has 1 heterocycles. The lowest BCUT2D eigenvalue weighted by molar-refractivity contribution is -0.275. The Kier molecular flexibility index (Phi) is 12.5. The van der Waals surface area contributed by atoms with Crippen LogP contribution in [0.2, 0.25) is 0 Å². The topological polar surface area (TPSA) is 64.6 Å². The summed E-state index contributed by atoms with van der Waals surface area (Å²) < 4.78 is 45.2. The molecular weight excluding hydrogens is 616 g/mol. The van der Waals surface area contributed by atoms with Crippen molar-refractivity contribution in [3.63, 3.8) is 0 Å². The molecule has 0 unspecified atom stereocenters. The molecule has 254 valence electrons. The van der Waals surface area contributed by atoms with Crippen molar-refractivity contribution in [2.45, 2.75) is 56.9 Å². The van der Waals surface area contributed by atoms with Gasteiger partial charge in [0.1, 0.15) is 42.0 Å². The Balaban J connectivity index is 1.38. The monoisotopic (exact) mass is 660 g/mol. The van der Waals surface area contributed by atoms with Crippen molar-refractivity contribution in [2.75, 3.05) is 20.8 Å². The predicted molar refractivity (Wildman–Crippen MR) is 188 cm³/mol. The minimum absolute atomic E-state index is 0.280. The van der Waals surface area contributed by atoms with Crippen LogP contribution in [0.4, 0.5) is 0 Å². The summed E-state index contributed by atoms with van der Waals surface area (Å²) in [5.41, 5.74) is 5.07. The molecule has 0 bridgehead atoms. The molecule has 0 spiro atoms. The van der Waals surface area contributed by atoms with Crippen LogP contribution in [0, 0.1) is 0 Å². The average Bonchev–Trinajstić information content (AvgIpc) is 3.17. The van der Waals surface area contributed by atoms with Crippen molar-refractivity contribution in [1.82, 2.24) is 0 Å². The molecule has 7 heteroatoms. The molecule has 1 fully saturated rings.